The molecule has 0 atom stereocenters. The van der Waals surface area contributed by atoms with Crippen LogP contribution in [0.25, 0.3) is 0 Å². The van der Waals surface area contributed by atoms with Gasteiger partial charge < -0.3 is 0 Å². The van der Waals surface area contributed by atoms with Gasteiger partial charge in [-0.1, -0.05) is 48.4 Å². The highest BCUT2D eigenvalue weighted by Crippen LogP contribution is 2.24. The molecule has 0 unspecified atom stereocenters. The molecule has 0 saturated heterocycles. The molecule has 2 heteroatoms. The molecule has 1 aromatic rings. The molecule has 22 heavy (non-hydrogen) atoms. The molecule has 0 amide bonds. The van der Waals surface area contributed by atoms with Crippen LogP contribution < -0.4 is 0 Å². The van der Waals surface area contributed by atoms with Gasteiger partial charge in [0.2, 0.25) is 0 Å². The van der Waals surface area contributed by atoms with E-state index in [2.05, 4.69) is 49.9 Å². The van der Waals surface area contributed by atoms with Crippen molar-refractivity contribution in [2.75, 3.05) is 19.6 Å². The Kier molecular flexibility index (Phi) is 6.14. The lowest BCUT2D eigenvalue weighted by Crippen LogP contribution is -2.29. The first kappa shape index (κ1) is 16.7. The number of carbonyl (C=O) groups excluding carboxylic acids is 1. The number of fused-ring (bicyclic) bond motifs is 1. The van der Waals surface area contributed by atoms with Gasteiger partial charge in [-0.25, -0.2) is 0 Å². The molecule has 2 aliphatic rings. The minimum atomic E-state index is 0.847. The molecule has 3 rings (SSSR count). The van der Waals surface area contributed by atoms with Crippen molar-refractivity contribution in [3.05, 3.63) is 58.2 Å². The van der Waals surface area contributed by atoms with Crippen LogP contribution in [0.5, 0.6) is 0 Å². The van der Waals surface area contributed by atoms with E-state index in [9.17, 15) is 4.79 Å². The Hall–Kier alpha value is -1.67. The lowest BCUT2D eigenvalue weighted by atomic mass is 9.88. The Labute approximate surface area is 134 Å². The maximum Gasteiger partial charge on any atom is 0.147 e. The van der Waals surface area contributed by atoms with Gasteiger partial charge in [0.05, 0.1) is 0 Å². The number of likely N-dealkylation sites (N-methyl/N-ethyl adjacent to an activating group) is 1. The van der Waals surface area contributed by atoms with Gasteiger partial charge in [-0.15, -0.1) is 0 Å². The smallest absolute Gasteiger partial charge is 0.147 e. The largest absolute Gasteiger partial charge is 0.299 e. The average Bonchev–Trinajstić information content (AvgIpc) is 2.56. The van der Waals surface area contributed by atoms with Crippen LogP contribution in [0.4, 0.5) is 0 Å². The second-order valence-electron chi connectivity index (χ2n) is 6.24. The number of hydrogen-bond acceptors (Lipinski definition) is 2. The highest BCUT2D eigenvalue weighted by atomic mass is 16.1. The van der Waals surface area contributed by atoms with Crippen LogP contribution in [0.2, 0.25) is 0 Å². The third kappa shape index (κ3) is 4.41. The first-order valence-corrected chi connectivity index (χ1v) is 8.22. The molecule has 0 N–H and O–H groups in total. The van der Waals surface area contributed by atoms with Crippen molar-refractivity contribution < 1.29 is 4.79 Å². The first-order valence-electron chi connectivity index (χ1n) is 8.22. The number of rotatable bonds is 2. The van der Waals surface area contributed by atoms with Crippen LogP contribution in [-0.4, -0.2) is 30.8 Å². The summed E-state index contributed by atoms with van der Waals surface area (Å²) in [4.78, 5) is 12.6. The number of benzene rings is 1. The Bertz CT molecular complexity index is 550. The number of allylic oxidation sites excluding steroid dienone is 2. The molecule has 2 nitrogen and oxygen atoms in total. The number of nitrogens with zero attached hydrogens (tertiary/aromatic N) is 1. The molecular weight excluding hydrogens is 270 g/mol. The molecule has 118 valence electrons. The highest BCUT2D eigenvalue weighted by Gasteiger charge is 2.11. The SMILES string of the molecule is CC1=C(C)Cc2ccccc2C1.CCN1CCC=C(C=O)C1. The molecule has 0 saturated carbocycles. The number of carbonyl (C=O) groups is 1. The van der Waals surface area contributed by atoms with Gasteiger partial charge in [0.15, 0.2) is 0 Å². The lowest BCUT2D eigenvalue weighted by Gasteiger charge is -2.23. The van der Waals surface area contributed by atoms with Gasteiger partial charge >= 0.3 is 0 Å². The van der Waals surface area contributed by atoms with E-state index in [1.165, 1.54) is 11.1 Å². The van der Waals surface area contributed by atoms with Crippen molar-refractivity contribution in [2.24, 2.45) is 0 Å². The quantitative estimate of drug-likeness (QED) is 0.608. The van der Waals surface area contributed by atoms with Gasteiger partial charge in [0.25, 0.3) is 0 Å². The maximum absolute atomic E-state index is 10.3. The van der Waals surface area contributed by atoms with Crippen LogP contribution in [-0.2, 0) is 17.6 Å². The van der Waals surface area contributed by atoms with Gasteiger partial charge in [-0.3, -0.25) is 9.69 Å². The van der Waals surface area contributed by atoms with Gasteiger partial charge in [0, 0.05) is 18.7 Å². The molecule has 1 aromatic carbocycles. The minimum absolute atomic E-state index is 0.847. The van der Waals surface area contributed by atoms with Crippen LogP contribution in [0.3, 0.4) is 0 Å². The van der Waals surface area contributed by atoms with E-state index < -0.39 is 0 Å². The van der Waals surface area contributed by atoms with Crippen molar-refractivity contribution in [1.29, 1.82) is 0 Å². The van der Waals surface area contributed by atoms with E-state index >= 15 is 0 Å². The highest BCUT2D eigenvalue weighted by molar-refractivity contribution is 5.73. The molecule has 1 heterocycles. The van der Waals surface area contributed by atoms with E-state index in [0.717, 1.165) is 50.8 Å². The van der Waals surface area contributed by atoms with E-state index in [4.69, 9.17) is 0 Å². The van der Waals surface area contributed by atoms with E-state index in [1.54, 1.807) is 11.1 Å². The monoisotopic (exact) mass is 297 g/mol. The first-order chi connectivity index (χ1) is 10.6. The zero-order chi connectivity index (χ0) is 15.9. The summed E-state index contributed by atoms with van der Waals surface area (Å²) in [6.07, 6.45) is 6.33. The average molecular weight is 297 g/mol. The summed E-state index contributed by atoms with van der Waals surface area (Å²) in [7, 11) is 0. The normalized spacial score (nSPS) is 18.0. The summed E-state index contributed by atoms with van der Waals surface area (Å²) >= 11 is 0. The van der Waals surface area contributed by atoms with E-state index in [0.29, 0.717) is 0 Å². The van der Waals surface area contributed by atoms with Crippen LogP contribution in [0, 0.1) is 0 Å². The Morgan fingerprint density at radius 1 is 1.09 bits per heavy atom. The third-order valence-electron chi connectivity index (χ3n) is 4.61. The van der Waals surface area contributed by atoms with Crippen LogP contribution in [0.15, 0.2) is 47.1 Å². The molecule has 0 bridgehead atoms. The summed E-state index contributed by atoms with van der Waals surface area (Å²) < 4.78 is 0. The summed E-state index contributed by atoms with van der Waals surface area (Å²) in [6, 6.07) is 8.75. The van der Waals surface area contributed by atoms with Crippen molar-refractivity contribution in [3.8, 4) is 0 Å². The molecule has 0 radical (unpaired) electrons. The van der Waals surface area contributed by atoms with Crippen molar-refractivity contribution in [2.45, 2.75) is 40.0 Å². The van der Waals surface area contributed by atoms with E-state index in [-0.39, 0.29) is 0 Å². The predicted molar refractivity (Wildman–Crippen MR) is 93.1 cm³/mol. The standard InChI is InChI=1S/C12H14.C8H13NO/c1-9-7-11-5-3-4-6-12(11)8-10(9)2;1-2-9-5-3-4-8(6-9)7-10/h3-6H,7-8H2,1-2H3;4,7H,2-3,5-6H2,1H3. The van der Waals surface area contributed by atoms with Crippen LogP contribution >= 0.6 is 0 Å². The molecule has 0 fully saturated rings. The van der Waals surface area contributed by atoms with Gasteiger partial charge in [0.1, 0.15) is 6.29 Å². The van der Waals surface area contributed by atoms with Gasteiger partial charge in [-0.05, 0) is 50.8 Å². The van der Waals surface area contributed by atoms with E-state index in [1.807, 2.05) is 6.08 Å². The van der Waals surface area contributed by atoms with Crippen LogP contribution in [0.1, 0.15) is 38.3 Å². The fourth-order valence-electron chi connectivity index (χ4n) is 2.97. The summed E-state index contributed by atoms with van der Waals surface area (Å²) in [5.41, 5.74) is 7.07. The Morgan fingerprint density at radius 3 is 2.18 bits per heavy atom. The molecular formula is C20H27NO. The summed E-state index contributed by atoms with van der Waals surface area (Å²) in [6.45, 7) is 9.60. The van der Waals surface area contributed by atoms with Crippen molar-refractivity contribution >= 4 is 6.29 Å². The summed E-state index contributed by atoms with van der Waals surface area (Å²) in [5.74, 6) is 0. The molecule has 0 aromatic heterocycles. The second kappa shape index (κ2) is 8.09. The molecule has 1 aliphatic heterocycles. The fraction of sp³-hybridized carbons (Fsp3) is 0.450. The van der Waals surface area contributed by atoms with Crippen molar-refractivity contribution in [1.82, 2.24) is 4.90 Å². The lowest BCUT2D eigenvalue weighted by molar-refractivity contribution is -0.105. The Balaban J connectivity index is 0.000000164. The third-order valence-corrected chi connectivity index (χ3v) is 4.61. The molecule has 0 spiro atoms. The zero-order valence-corrected chi connectivity index (χ0v) is 14.1. The van der Waals surface area contributed by atoms with Crippen molar-refractivity contribution in [3.63, 3.8) is 0 Å². The topological polar surface area (TPSA) is 20.3 Å². The fourth-order valence-corrected chi connectivity index (χ4v) is 2.97. The minimum Gasteiger partial charge on any atom is -0.299 e. The summed E-state index contributed by atoms with van der Waals surface area (Å²) in [5, 5.41) is 0. The molecule has 1 aliphatic carbocycles. The zero-order valence-electron chi connectivity index (χ0n) is 14.1. The second-order valence-corrected chi connectivity index (χ2v) is 6.24. The van der Waals surface area contributed by atoms with Gasteiger partial charge in [-0.2, -0.15) is 0 Å². The predicted octanol–water partition coefficient (Wildman–Crippen LogP) is 3.96. The number of hydrogen-bond donors (Lipinski definition) is 0. The number of aldehydes is 1. The Morgan fingerprint density at radius 2 is 1.68 bits per heavy atom. The maximum atomic E-state index is 10.3.